The van der Waals surface area contributed by atoms with E-state index in [-0.39, 0.29) is 29.3 Å². The third-order valence-electron chi connectivity index (χ3n) is 4.92. The fourth-order valence-electron chi connectivity index (χ4n) is 3.32. The molecule has 9 nitrogen and oxygen atoms in total. The van der Waals surface area contributed by atoms with Crippen LogP contribution in [0.3, 0.4) is 0 Å². The number of ether oxygens (including phenoxy) is 2. The second kappa shape index (κ2) is 10.2. The van der Waals surface area contributed by atoms with Gasteiger partial charge in [-0.1, -0.05) is 12.8 Å². The van der Waals surface area contributed by atoms with Crippen molar-refractivity contribution in [3.63, 3.8) is 0 Å². The van der Waals surface area contributed by atoms with Gasteiger partial charge in [-0.15, -0.1) is 0 Å². The van der Waals surface area contributed by atoms with Crippen molar-refractivity contribution in [1.29, 1.82) is 0 Å². The van der Waals surface area contributed by atoms with Crippen LogP contribution < -0.4 is 26.8 Å². The highest BCUT2D eigenvalue weighted by atomic mass is 19.1. The molecule has 0 bridgehead atoms. The van der Waals surface area contributed by atoms with Gasteiger partial charge >= 0.3 is 0 Å². The number of aromatic nitrogens is 2. The molecule has 2 heterocycles. The number of nitrogens with one attached hydrogen (secondary N) is 2. The number of hydrogen-bond donors (Lipinski definition) is 4. The van der Waals surface area contributed by atoms with Gasteiger partial charge in [-0.3, -0.25) is 4.79 Å². The number of carbonyl (C=O) groups excluding carboxylic acids is 1. The number of primary amides is 1. The Labute approximate surface area is 174 Å². The highest BCUT2D eigenvalue weighted by Crippen LogP contribution is 2.27. The lowest BCUT2D eigenvalue weighted by atomic mass is 9.91. The molecule has 2 aromatic rings. The van der Waals surface area contributed by atoms with Crippen LogP contribution in [0.25, 0.3) is 0 Å². The lowest BCUT2D eigenvalue weighted by molar-refractivity contribution is 0.100. The Kier molecular flexibility index (Phi) is 7.36. The first kappa shape index (κ1) is 21.7. The fourth-order valence-corrected chi connectivity index (χ4v) is 3.32. The highest BCUT2D eigenvalue weighted by Gasteiger charge is 2.24. The van der Waals surface area contributed by atoms with Crippen LogP contribution in [-0.4, -0.2) is 48.3 Å². The largest absolute Gasteiger partial charge is 0.475 e. The van der Waals surface area contributed by atoms with E-state index in [1.54, 1.807) is 19.2 Å². The number of nitrogens with two attached hydrogens (primary N) is 2. The molecule has 30 heavy (non-hydrogen) atoms. The Balaban J connectivity index is 1.83. The topological polar surface area (TPSA) is 137 Å². The van der Waals surface area contributed by atoms with E-state index in [1.807, 2.05) is 0 Å². The number of hydrogen-bond acceptors (Lipinski definition) is 8. The molecule has 162 valence electrons. The van der Waals surface area contributed by atoms with E-state index in [1.165, 1.54) is 6.20 Å². The predicted octanol–water partition coefficient (Wildman–Crippen LogP) is 2.17. The van der Waals surface area contributed by atoms with Crippen molar-refractivity contribution >= 4 is 23.2 Å². The number of rotatable bonds is 9. The second-order valence-corrected chi connectivity index (χ2v) is 7.13. The summed E-state index contributed by atoms with van der Waals surface area (Å²) in [6.45, 7) is 0.757. The third kappa shape index (κ3) is 5.55. The van der Waals surface area contributed by atoms with Crippen molar-refractivity contribution in [2.24, 2.45) is 11.5 Å². The third-order valence-corrected chi connectivity index (χ3v) is 4.92. The Hall–Kier alpha value is -2.98. The molecular formula is C20H27FN6O3. The molecule has 1 amide bonds. The second-order valence-electron chi connectivity index (χ2n) is 7.13. The van der Waals surface area contributed by atoms with Gasteiger partial charge in [-0.25, -0.2) is 14.4 Å². The van der Waals surface area contributed by atoms with Crippen LogP contribution in [0.4, 0.5) is 21.7 Å². The summed E-state index contributed by atoms with van der Waals surface area (Å²) in [5, 5.41) is 6.08. The molecule has 1 aliphatic rings. The molecule has 0 radical (unpaired) electrons. The average Bonchev–Trinajstić information content (AvgIpc) is 2.72. The van der Waals surface area contributed by atoms with Crippen LogP contribution in [-0.2, 0) is 4.74 Å². The van der Waals surface area contributed by atoms with Gasteiger partial charge in [0.1, 0.15) is 12.4 Å². The molecule has 1 fully saturated rings. The summed E-state index contributed by atoms with van der Waals surface area (Å²) in [6, 6.07) is 4.21. The van der Waals surface area contributed by atoms with E-state index in [2.05, 4.69) is 20.6 Å². The first-order chi connectivity index (χ1) is 14.5. The molecule has 6 N–H and O–H groups in total. The van der Waals surface area contributed by atoms with Crippen LogP contribution >= 0.6 is 0 Å². The van der Waals surface area contributed by atoms with Gasteiger partial charge in [0.25, 0.3) is 5.91 Å². The summed E-state index contributed by atoms with van der Waals surface area (Å²) < 4.78 is 25.0. The molecule has 0 aromatic carbocycles. The summed E-state index contributed by atoms with van der Waals surface area (Å²) in [5.41, 5.74) is 12.1. The number of halogens is 1. The number of anilines is 3. The van der Waals surface area contributed by atoms with Crippen molar-refractivity contribution in [3.05, 3.63) is 35.8 Å². The van der Waals surface area contributed by atoms with Gasteiger partial charge in [-0.2, -0.15) is 0 Å². The van der Waals surface area contributed by atoms with Crippen LogP contribution in [0, 0.1) is 5.82 Å². The lowest BCUT2D eigenvalue weighted by Crippen LogP contribution is -2.43. The van der Waals surface area contributed by atoms with Gasteiger partial charge in [0.15, 0.2) is 11.6 Å². The van der Waals surface area contributed by atoms with Gasteiger partial charge < -0.3 is 31.6 Å². The standard InChI is InChI=1S/C20H27FN6O3/c1-29-8-9-30-17-10-12(6-7-24-17)25-19-13(18(23)28)11-14(21)20(27-19)26-16-5-3-2-4-15(16)22/h6-7,10-11,15-16H,2-5,8-9,22H2,1H3,(H2,23,28)(H2,24,25,26,27)/t15-,16+/m0/s1. The quantitative estimate of drug-likeness (QED) is 0.455. The van der Waals surface area contributed by atoms with Gasteiger partial charge in [0, 0.05) is 37.1 Å². The zero-order chi connectivity index (χ0) is 21.5. The maximum absolute atomic E-state index is 14.6. The van der Waals surface area contributed by atoms with Crippen LogP contribution in [0.2, 0.25) is 0 Å². The molecule has 1 aliphatic carbocycles. The molecular weight excluding hydrogens is 391 g/mol. The summed E-state index contributed by atoms with van der Waals surface area (Å²) >= 11 is 0. The molecule has 0 spiro atoms. The van der Waals surface area contributed by atoms with E-state index in [0.29, 0.717) is 24.8 Å². The van der Waals surface area contributed by atoms with Gasteiger partial charge in [0.2, 0.25) is 5.88 Å². The summed E-state index contributed by atoms with van der Waals surface area (Å²) in [6.07, 6.45) is 5.31. The van der Waals surface area contributed by atoms with Gasteiger partial charge in [0.05, 0.1) is 12.2 Å². The van der Waals surface area contributed by atoms with Crippen molar-refractivity contribution in [2.75, 3.05) is 31.0 Å². The van der Waals surface area contributed by atoms with Crippen LogP contribution in [0.1, 0.15) is 36.0 Å². The van der Waals surface area contributed by atoms with Crippen molar-refractivity contribution in [2.45, 2.75) is 37.8 Å². The van der Waals surface area contributed by atoms with Crippen LogP contribution in [0.5, 0.6) is 5.88 Å². The summed E-state index contributed by atoms with van der Waals surface area (Å²) in [4.78, 5) is 20.2. The van der Waals surface area contributed by atoms with E-state index in [0.717, 1.165) is 31.7 Å². The number of amides is 1. The van der Waals surface area contributed by atoms with Crippen LogP contribution in [0.15, 0.2) is 24.4 Å². The minimum absolute atomic E-state index is 0.0236. The molecule has 2 aromatic heterocycles. The fraction of sp³-hybridized carbons (Fsp3) is 0.450. The number of pyridine rings is 2. The zero-order valence-electron chi connectivity index (χ0n) is 16.9. The first-order valence-electron chi connectivity index (χ1n) is 9.85. The molecule has 3 rings (SSSR count). The normalized spacial score (nSPS) is 18.6. The van der Waals surface area contributed by atoms with Crippen molar-refractivity contribution in [3.8, 4) is 5.88 Å². The minimum atomic E-state index is -0.796. The smallest absolute Gasteiger partial charge is 0.252 e. The minimum Gasteiger partial charge on any atom is -0.475 e. The average molecular weight is 418 g/mol. The lowest BCUT2D eigenvalue weighted by Gasteiger charge is -2.30. The van der Waals surface area contributed by atoms with Crippen molar-refractivity contribution < 1.29 is 18.7 Å². The summed E-state index contributed by atoms with van der Waals surface area (Å²) in [7, 11) is 1.58. The number of carbonyl (C=O) groups is 1. The van der Waals surface area contributed by atoms with E-state index in [4.69, 9.17) is 20.9 Å². The molecule has 0 saturated heterocycles. The molecule has 1 saturated carbocycles. The predicted molar refractivity (Wildman–Crippen MR) is 111 cm³/mol. The maximum atomic E-state index is 14.6. The molecule has 2 atom stereocenters. The van der Waals surface area contributed by atoms with E-state index in [9.17, 15) is 9.18 Å². The Morgan fingerprint density at radius 3 is 2.80 bits per heavy atom. The first-order valence-corrected chi connectivity index (χ1v) is 9.85. The van der Waals surface area contributed by atoms with Crippen molar-refractivity contribution in [1.82, 2.24) is 9.97 Å². The van der Waals surface area contributed by atoms with E-state index < -0.39 is 11.7 Å². The summed E-state index contributed by atoms with van der Waals surface area (Å²) in [5.74, 6) is -0.938. The Morgan fingerprint density at radius 2 is 2.07 bits per heavy atom. The highest BCUT2D eigenvalue weighted by molar-refractivity contribution is 5.98. The number of methoxy groups -OCH3 is 1. The maximum Gasteiger partial charge on any atom is 0.252 e. The zero-order valence-corrected chi connectivity index (χ0v) is 16.9. The number of nitrogens with zero attached hydrogens (tertiary/aromatic N) is 2. The van der Waals surface area contributed by atoms with E-state index >= 15 is 0 Å². The molecule has 0 unspecified atom stereocenters. The Bertz CT molecular complexity index is 882. The molecule has 0 aliphatic heterocycles. The SMILES string of the molecule is COCCOc1cc(Nc2nc(N[C@@H]3CCCC[C@@H]3N)c(F)cc2C(N)=O)ccn1. The van der Waals surface area contributed by atoms with Gasteiger partial charge in [-0.05, 0) is 25.0 Å². The molecule has 10 heteroatoms. The monoisotopic (exact) mass is 418 g/mol. The Morgan fingerprint density at radius 1 is 1.27 bits per heavy atom.